The van der Waals surface area contributed by atoms with Gasteiger partial charge in [-0.3, -0.25) is 4.90 Å². The average molecular weight is 278 g/mol. The van der Waals surface area contributed by atoms with Gasteiger partial charge in [0.05, 0.1) is 0 Å². The molecule has 19 heavy (non-hydrogen) atoms. The van der Waals surface area contributed by atoms with Crippen LogP contribution in [-0.2, 0) is 6.42 Å². The monoisotopic (exact) mass is 278 g/mol. The van der Waals surface area contributed by atoms with Crippen LogP contribution < -0.4 is 5.32 Å². The van der Waals surface area contributed by atoms with Crippen LogP contribution in [0.1, 0.15) is 55.3 Å². The molecule has 1 aromatic rings. The Morgan fingerprint density at radius 2 is 2.00 bits per heavy atom. The zero-order valence-corrected chi connectivity index (χ0v) is 13.2. The standard InChI is InChI=1S/C16H26N2S/c1-4-15-7-8-16(19-15)11(2)18(3)14-9-12-5-6-13(10-14)17-12/h7-8,11-14,17H,4-6,9-10H2,1-3H3. The number of rotatable bonds is 4. The van der Waals surface area contributed by atoms with Crippen LogP contribution in [0, 0.1) is 0 Å². The second-order valence-corrected chi connectivity index (χ2v) is 7.46. The van der Waals surface area contributed by atoms with Gasteiger partial charge in [-0.15, -0.1) is 11.3 Å². The molecule has 2 saturated heterocycles. The number of nitrogens with one attached hydrogen (secondary N) is 1. The van der Waals surface area contributed by atoms with Gasteiger partial charge in [0.1, 0.15) is 0 Å². The molecule has 106 valence electrons. The van der Waals surface area contributed by atoms with Crippen molar-refractivity contribution < 1.29 is 0 Å². The largest absolute Gasteiger partial charge is 0.311 e. The second kappa shape index (κ2) is 5.55. The van der Waals surface area contributed by atoms with Crippen LogP contribution in [0.15, 0.2) is 12.1 Å². The van der Waals surface area contributed by atoms with Gasteiger partial charge in [0.25, 0.3) is 0 Å². The summed E-state index contributed by atoms with van der Waals surface area (Å²) in [5.41, 5.74) is 0. The molecule has 0 spiro atoms. The summed E-state index contributed by atoms with van der Waals surface area (Å²) < 4.78 is 0. The molecule has 1 aromatic heterocycles. The van der Waals surface area contributed by atoms with Crippen LogP contribution >= 0.6 is 11.3 Å². The van der Waals surface area contributed by atoms with Gasteiger partial charge >= 0.3 is 0 Å². The minimum absolute atomic E-state index is 0.563. The molecule has 2 bridgehead atoms. The molecule has 2 aliphatic rings. The van der Waals surface area contributed by atoms with Crippen LogP contribution in [0.3, 0.4) is 0 Å². The molecular weight excluding hydrogens is 252 g/mol. The number of thiophene rings is 1. The summed E-state index contributed by atoms with van der Waals surface area (Å²) in [6.07, 6.45) is 6.62. The molecule has 0 radical (unpaired) electrons. The van der Waals surface area contributed by atoms with Crippen molar-refractivity contribution >= 4 is 11.3 Å². The van der Waals surface area contributed by atoms with Crippen LogP contribution in [-0.4, -0.2) is 30.1 Å². The summed E-state index contributed by atoms with van der Waals surface area (Å²) >= 11 is 1.99. The van der Waals surface area contributed by atoms with E-state index in [1.165, 1.54) is 41.9 Å². The Morgan fingerprint density at radius 1 is 1.32 bits per heavy atom. The number of hydrogen-bond donors (Lipinski definition) is 1. The first-order chi connectivity index (χ1) is 9.17. The molecule has 0 amide bonds. The lowest BCUT2D eigenvalue weighted by molar-refractivity contribution is 0.134. The van der Waals surface area contributed by atoms with E-state index in [1.807, 2.05) is 11.3 Å². The Morgan fingerprint density at radius 3 is 2.58 bits per heavy atom. The Labute approximate surface area is 121 Å². The van der Waals surface area contributed by atoms with Gasteiger partial charge in [-0.25, -0.2) is 0 Å². The molecule has 2 fully saturated rings. The number of fused-ring (bicyclic) bond motifs is 2. The van der Waals surface area contributed by atoms with E-state index in [2.05, 4.69) is 43.2 Å². The van der Waals surface area contributed by atoms with E-state index in [0.717, 1.165) is 18.1 Å². The van der Waals surface area contributed by atoms with Crippen molar-refractivity contribution in [3.63, 3.8) is 0 Å². The molecule has 3 heterocycles. The molecule has 0 aromatic carbocycles. The predicted molar refractivity (Wildman–Crippen MR) is 82.8 cm³/mol. The molecule has 2 aliphatic heterocycles. The first-order valence-corrected chi connectivity index (χ1v) is 8.55. The molecule has 0 saturated carbocycles. The Hall–Kier alpha value is -0.380. The Balaban J connectivity index is 1.67. The molecule has 3 rings (SSSR count). The molecule has 3 atom stereocenters. The SMILES string of the molecule is CCc1ccc(C(C)N(C)C2CC3CCC(C2)N3)s1. The van der Waals surface area contributed by atoms with Crippen LogP contribution in [0.2, 0.25) is 0 Å². The van der Waals surface area contributed by atoms with Gasteiger partial charge in [-0.1, -0.05) is 6.92 Å². The van der Waals surface area contributed by atoms with Gasteiger partial charge in [0.2, 0.25) is 0 Å². The number of nitrogens with zero attached hydrogens (tertiary/aromatic N) is 1. The van der Waals surface area contributed by atoms with Crippen molar-refractivity contribution in [2.24, 2.45) is 0 Å². The number of piperidine rings is 1. The smallest absolute Gasteiger partial charge is 0.0413 e. The van der Waals surface area contributed by atoms with E-state index in [0.29, 0.717) is 6.04 Å². The number of hydrogen-bond acceptors (Lipinski definition) is 3. The van der Waals surface area contributed by atoms with Crippen molar-refractivity contribution in [2.75, 3.05) is 7.05 Å². The van der Waals surface area contributed by atoms with Crippen LogP contribution in [0.4, 0.5) is 0 Å². The minimum Gasteiger partial charge on any atom is -0.311 e. The van der Waals surface area contributed by atoms with E-state index in [9.17, 15) is 0 Å². The summed E-state index contributed by atoms with van der Waals surface area (Å²) in [6.45, 7) is 4.61. The molecule has 2 nitrogen and oxygen atoms in total. The van der Waals surface area contributed by atoms with Crippen molar-refractivity contribution in [1.29, 1.82) is 0 Å². The maximum Gasteiger partial charge on any atom is 0.0413 e. The lowest BCUT2D eigenvalue weighted by Crippen LogP contribution is -2.47. The van der Waals surface area contributed by atoms with Gasteiger partial charge in [-0.05, 0) is 58.2 Å². The van der Waals surface area contributed by atoms with Crippen LogP contribution in [0.25, 0.3) is 0 Å². The predicted octanol–water partition coefficient (Wildman–Crippen LogP) is 3.59. The van der Waals surface area contributed by atoms with E-state index < -0.39 is 0 Å². The third-order valence-electron chi connectivity index (χ3n) is 5.08. The zero-order chi connectivity index (χ0) is 13.4. The third kappa shape index (κ3) is 2.74. The summed E-state index contributed by atoms with van der Waals surface area (Å²) in [5.74, 6) is 0. The van der Waals surface area contributed by atoms with Gasteiger partial charge in [-0.2, -0.15) is 0 Å². The highest BCUT2D eigenvalue weighted by Crippen LogP contribution is 2.34. The zero-order valence-electron chi connectivity index (χ0n) is 12.4. The molecule has 3 unspecified atom stereocenters. The fourth-order valence-electron chi connectivity index (χ4n) is 3.69. The highest BCUT2D eigenvalue weighted by atomic mass is 32.1. The summed E-state index contributed by atoms with van der Waals surface area (Å²) in [6, 6.07) is 7.53. The maximum absolute atomic E-state index is 3.74. The van der Waals surface area contributed by atoms with Gasteiger partial charge in [0, 0.05) is 33.9 Å². The highest BCUT2D eigenvalue weighted by molar-refractivity contribution is 7.12. The fourth-order valence-corrected chi connectivity index (χ4v) is 4.74. The van der Waals surface area contributed by atoms with Crippen molar-refractivity contribution in [3.8, 4) is 0 Å². The van der Waals surface area contributed by atoms with E-state index >= 15 is 0 Å². The van der Waals surface area contributed by atoms with Crippen LogP contribution in [0.5, 0.6) is 0 Å². The lowest BCUT2D eigenvalue weighted by atomic mass is 9.97. The molecule has 3 heteroatoms. The summed E-state index contributed by atoms with van der Waals surface area (Å²) in [4.78, 5) is 5.67. The van der Waals surface area contributed by atoms with Crippen molar-refractivity contribution in [1.82, 2.24) is 10.2 Å². The van der Waals surface area contributed by atoms with E-state index in [-0.39, 0.29) is 0 Å². The topological polar surface area (TPSA) is 15.3 Å². The Kier molecular flexibility index (Phi) is 3.97. The Bertz CT molecular complexity index is 416. The number of aryl methyl sites for hydroxylation is 1. The summed E-state index contributed by atoms with van der Waals surface area (Å²) in [5, 5.41) is 3.74. The first-order valence-electron chi connectivity index (χ1n) is 7.74. The molecule has 0 aliphatic carbocycles. The normalized spacial score (nSPS) is 31.9. The molecule has 1 N–H and O–H groups in total. The minimum atomic E-state index is 0.563. The quantitative estimate of drug-likeness (QED) is 0.905. The molecular formula is C16H26N2S. The van der Waals surface area contributed by atoms with Crippen molar-refractivity contribution in [2.45, 2.75) is 70.1 Å². The summed E-state index contributed by atoms with van der Waals surface area (Å²) in [7, 11) is 2.32. The second-order valence-electron chi connectivity index (χ2n) is 6.26. The lowest BCUT2D eigenvalue weighted by Gasteiger charge is -2.38. The highest BCUT2D eigenvalue weighted by Gasteiger charge is 2.36. The first kappa shape index (κ1) is 13.6. The van der Waals surface area contributed by atoms with Gasteiger partial charge < -0.3 is 5.32 Å². The maximum atomic E-state index is 3.74. The van der Waals surface area contributed by atoms with Crippen molar-refractivity contribution in [3.05, 3.63) is 21.9 Å². The van der Waals surface area contributed by atoms with E-state index in [4.69, 9.17) is 0 Å². The average Bonchev–Trinajstić information content (AvgIpc) is 3.03. The third-order valence-corrected chi connectivity index (χ3v) is 6.48. The van der Waals surface area contributed by atoms with Gasteiger partial charge in [0.15, 0.2) is 0 Å². The fraction of sp³-hybridized carbons (Fsp3) is 0.750. The van der Waals surface area contributed by atoms with E-state index in [1.54, 1.807) is 0 Å².